The van der Waals surface area contributed by atoms with Crippen LogP contribution in [0.2, 0.25) is 0 Å². The van der Waals surface area contributed by atoms with Crippen LogP contribution in [0.15, 0.2) is 324 Å². The summed E-state index contributed by atoms with van der Waals surface area (Å²) >= 11 is 0. The molecule has 89 heavy (non-hydrogen) atoms. The molecule has 1 spiro atoms. The van der Waals surface area contributed by atoms with E-state index in [0.29, 0.717) is 0 Å². The lowest BCUT2D eigenvalue weighted by molar-refractivity contribution is 0.613. The van der Waals surface area contributed by atoms with Crippen LogP contribution in [-0.4, -0.2) is 0 Å². The summed E-state index contributed by atoms with van der Waals surface area (Å²) in [4.78, 5) is 5.00. The molecule has 1 unspecified atom stereocenters. The predicted molar refractivity (Wildman–Crippen MR) is 368 cm³/mol. The molecular weight excluding hydrogens is 1080 g/mol. The molecule has 0 fully saturated rings. The lowest BCUT2D eigenvalue weighted by Gasteiger charge is -2.42. The Morgan fingerprint density at radius 1 is 0.315 bits per heavy atom. The van der Waals surface area contributed by atoms with E-state index < -0.39 is 5.41 Å². The van der Waals surface area contributed by atoms with Gasteiger partial charge in [0.05, 0.1) is 22.8 Å². The molecule has 0 saturated carbocycles. The molecule has 0 amide bonds. The fraction of sp³-hybridized carbons (Fsp3) is 0.0353. The molecule has 0 aliphatic heterocycles. The smallest absolute Gasteiger partial charge is 0.159 e. The summed E-state index contributed by atoms with van der Waals surface area (Å²) in [6, 6.07) is 114. The largest absolute Gasteiger partial charge is 0.453 e. The number of nitrogens with zero attached hydrogens (tertiary/aromatic N) is 2. The van der Waals surface area contributed by atoms with Gasteiger partial charge >= 0.3 is 0 Å². The summed E-state index contributed by atoms with van der Waals surface area (Å²) in [6.07, 6.45) is 0.730. The third-order valence-corrected chi connectivity index (χ3v) is 19.6. The van der Waals surface area contributed by atoms with Crippen molar-refractivity contribution in [3.8, 4) is 33.4 Å². The summed E-state index contributed by atoms with van der Waals surface area (Å²) in [6.45, 7) is 0. The average molecular weight is 1140 g/mol. The maximum absolute atomic E-state index is 7.35. The van der Waals surface area contributed by atoms with E-state index in [1.807, 2.05) is 0 Å². The number of anilines is 5. The minimum atomic E-state index is -0.679. The van der Waals surface area contributed by atoms with Crippen molar-refractivity contribution in [2.75, 3.05) is 9.80 Å². The van der Waals surface area contributed by atoms with Gasteiger partial charge in [-0.3, -0.25) is 0 Å². The molecule has 3 aliphatic rings. The van der Waals surface area contributed by atoms with Crippen LogP contribution in [0.25, 0.3) is 104 Å². The van der Waals surface area contributed by atoms with Gasteiger partial charge in [0, 0.05) is 49.7 Å². The highest BCUT2D eigenvalue weighted by molar-refractivity contribution is 6.21. The van der Waals surface area contributed by atoms with E-state index in [-0.39, 0.29) is 6.04 Å². The number of hydrogen-bond donors (Lipinski definition) is 0. The zero-order valence-electron chi connectivity index (χ0n) is 48.4. The van der Waals surface area contributed by atoms with Crippen LogP contribution >= 0.6 is 0 Å². The maximum Gasteiger partial charge on any atom is 0.159 e. The Morgan fingerprint density at radius 3 is 1.39 bits per heavy atom. The molecular formula is C85H54N2O2. The summed E-state index contributed by atoms with van der Waals surface area (Å²) < 4.78 is 14.6. The SMILES string of the molecule is c1ccc(-c2cccc3c2oc2c(N(c4ccccc4)c4ccc5c6c(c7ccccc7c5c4)C4=C(CC(N(c5ccccc5)c5cccc7c5oc5c(-c8ccccc8)cccc57)c5ccccc54)C64c5ccccc5-c5ccccc54)cccc23)cc1. The number of fused-ring (bicyclic) bond motifs is 22. The number of benzene rings is 14. The van der Waals surface area contributed by atoms with Gasteiger partial charge in [0.1, 0.15) is 11.2 Å². The van der Waals surface area contributed by atoms with Crippen LogP contribution < -0.4 is 9.80 Å². The molecule has 1 atom stereocenters. The molecule has 4 nitrogen and oxygen atoms in total. The van der Waals surface area contributed by atoms with Crippen LogP contribution in [0.4, 0.5) is 28.4 Å². The molecule has 0 bridgehead atoms. The average Bonchev–Trinajstić information content (AvgIpc) is 1.52. The molecule has 0 saturated heterocycles. The first-order valence-corrected chi connectivity index (χ1v) is 30.9. The Bertz CT molecular complexity index is 5560. The van der Waals surface area contributed by atoms with Crippen molar-refractivity contribution in [3.63, 3.8) is 0 Å². The van der Waals surface area contributed by atoms with Gasteiger partial charge in [-0.15, -0.1) is 0 Å². The molecule has 3 aliphatic carbocycles. The monoisotopic (exact) mass is 1130 g/mol. The van der Waals surface area contributed by atoms with E-state index in [0.717, 1.165) is 101 Å². The van der Waals surface area contributed by atoms with Crippen molar-refractivity contribution >= 4 is 99.4 Å². The predicted octanol–water partition coefficient (Wildman–Crippen LogP) is 23.0. The van der Waals surface area contributed by atoms with Gasteiger partial charge in [0.25, 0.3) is 0 Å². The van der Waals surface area contributed by atoms with E-state index in [2.05, 4.69) is 319 Å². The molecule has 16 aromatic rings. The number of furan rings is 2. The normalized spacial score (nSPS) is 14.4. The highest BCUT2D eigenvalue weighted by Crippen LogP contribution is 2.69. The first-order valence-electron chi connectivity index (χ1n) is 30.9. The van der Waals surface area contributed by atoms with Crippen LogP contribution in [0, 0.1) is 0 Å². The van der Waals surface area contributed by atoms with E-state index in [1.54, 1.807) is 0 Å². The van der Waals surface area contributed by atoms with Crippen molar-refractivity contribution in [2.24, 2.45) is 0 Å². The third kappa shape index (κ3) is 7.05. The van der Waals surface area contributed by atoms with Gasteiger partial charge in [-0.2, -0.15) is 0 Å². The second kappa shape index (κ2) is 19.3. The van der Waals surface area contributed by atoms with Gasteiger partial charge in [0.2, 0.25) is 0 Å². The van der Waals surface area contributed by atoms with Crippen molar-refractivity contribution in [1.29, 1.82) is 0 Å². The Hall–Kier alpha value is -11.5. The standard InChI is InChI=1S/C85H54N2O2/c1-5-25-53(26-6-1)58-39-21-41-67-69-43-23-47-75(83(69)88-81(58)67)86(55-29-9-3-10-30-55)57-49-50-66-71(51-57)60-33-13-15-37-64(60)79-78-65-38-16-14-36-63(65)77(52-74(78)85(80(66)79)72-45-19-17-34-61(72)62-35-18-20-46-73(62)85)87(56-31-11-4-12-32-56)76-48-24-44-70-68-42-22-40-59(82(68)89-84(70)76)54-27-7-2-8-28-54/h1-51,77H,52H2. The third-order valence-electron chi connectivity index (χ3n) is 19.6. The van der Waals surface area contributed by atoms with Crippen molar-refractivity contribution in [3.05, 3.63) is 348 Å². The Labute approximate surface area is 514 Å². The number of rotatable bonds is 8. The first kappa shape index (κ1) is 49.8. The minimum absolute atomic E-state index is 0.154. The lowest BCUT2D eigenvalue weighted by atomic mass is 9.65. The molecule has 2 aromatic heterocycles. The van der Waals surface area contributed by atoms with Crippen LogP contribution in [0.5, 0.6) is 0 Å². The fourth-order valence-corrected chi connectivity index (χ4v) is 16.1. The second-order valence-corrected chi connectivity index (χ2v) is 24.0. The van der Waals surface area contributed by atoms with Gasteiger partial charge < -0.3 is 18.6 Å². The highest BCUT2D eigenvalue weighted by atomic mass is 16.3. The second-order valence-electron chi connectivity index (χ2n) is 24.0. The minimum Gasteiger partial charge on any atom is -0.453 e. The zero-order chi connectivity index (χ0) is 58.3. The zero-order valence-corrected chi connectivity index (χ0v) is 48.4. The molecule has 416 valence electrons. The Morgan fingerprint density at radius 2 is 0.775 bits per heavy atom. The summed E-state index contributed by atoms with van der Waals surface area (Å²) in [7, 11) is 0. The molecule has 0 N–H and O–H groups in total. The van der Waals surface area contributed by atoms with E-state index in [9.17, 15) is 0 Å². The molecule has 4 heteroatoms. The molecule has 2 heterocycles. The molecule has 14 aromatic carbocycles. The summed E-state index contributed by atoms with van der Waals surface area (Å²) in [5, 5.41) is 9.26. The first-order chi connectivity index (χ1) is 44.2. The summed E-state index contributed by atoms with van der Waals surface area (Å²) in [5.74, 6) is 0. The van der Waals surface area contributed by atoms with Crippen LogP contribution in [0.3, 0.4) is 0 Å². The number of para-hydroxylation sites is 6. The Kier molecular flexibility index (Phi) is 10.8. The van der Waals surface area contributed by atoms with Crippen molar-refractivity contribution in [2.45, 2.75) is 17.9 Å². The fourth-order valence-electron chi connectivity index (χ4n) is 16.1. The van der Waals surface area contributed by atoms with Crippen LogP contribution in [-0.2, 0) is 5.41 Å². The van der Waals surface area contributed by atoms with E-state index >= 15 is 0 Å². The van der Waals surface area contributed by atoms with Crippen LogP contribution in [0.1, 0.15) is 45.8 Å². The van der Waals surface area contributed by atoms with Crippen molar-refractivity contribution in [1.82, 2.24) is 0 Å². The highest BCUT2D eigenvalue weighted by Gasteiger charge is 2.56. The van der Waals surface area contributed by atoms with Gasteiger partial charge in [-0.25, -0.2) is 0 Å². The van der Waals surface area contributed by atoms with Gasteiger partial charge in [0.15, 0.2) is 11.2 Å². The van der Waals surface area contributed by atoms with E-state index in [1.165, 1.54) is 77.2 Å². The Balaban J connectivity index is 0.868. The molecule has 0 radical (unpaired) electrons. The van der Waals surface area contributed by atoms with E-state index in [4.69, 9.17) is 8.83 Å². The van der Waals surface area contributed by atoms with Gasteiger partial charge in [-0.05, 0) is 143 Å². The number of hydrogen-bond acceptors (Lipinski definition) is 4. The summed E-state index contributed by atoms with van der Waals surface area (Å²) in [5.41, 5.74) is 25.6. The maximum atomic E-state index is 7.35. The lowest BCUT2D eigenvalue weighted by Crippen LogP contribution is -2.33. The molecule has 19 rings (SSSR count). The quantitative estimate of drug-likeness (QED) is 0.142. The van der Waals surface area contributed by atoms with Crippen molar-refractivity contribution < 1.29 is 8.83 Å². The topological polar surface area (TPSA) is 32.8 Å². The van der Waals surface area contributed by atoms with Gasteiger partial charge in [-0.1, -0.05) is 261 Å².